The van der Waals surface area contributed by atoms with Gasteiger partial charge in [-0.2, -0.15) is 0 Å². The smallest absolute Gasteiger partial charge is 0.407 e. The first kappa shape index (κ1) is 18.3. The van der Waals surface area contributed by atoms with Crippen molar-refractivity contribution in [2.45, 2.75) is 6.61 Å². The van der Waals surface area contributed by atoms with Crippen molar-refractivity contribution in [1.82, 2.24) is 5.32 Å². The summed E-state index contributed by atoms with van der Waals surface area (Å²) in [6.07, 6.45) is -0.508. The Labute approximate surface area is 156 Å². The Morgan fingerprint density at radius 3 is 2.56 bits per heavy atom. The van der Waals surface area contributed by atoms with Crippen LogP contribution in [0.2, 0.25) is 0 Å². The van der Waals surface area contributed by atoms with Gasteiger partial charge in [0.05, 0.1) is 12.1 Å². The molecule has 3 aromatic rings. The zero-order chi connectivity index (χ0) is 19.1. The van der Waals surface area contributed by atoms with Crippen LogP contribution >= 0.6 is 0 Å². The lowest BCUT2D eigenvalue weighted by atomic mass is 10.1. The third-order valence-corrected chi connectivity index (χ3v) is 3.93. The van der Waals surface area contributed by atoms with E-state index in [1.807, 2.05) is 36.4 Å². The minimum Gasteiger partial charge on any atom is -0.491 e. The number of rotatable bonds is 7. The SMILES string of the molecule is O=C(NCCOc1cccc2cc(C(=O)O)ccc12)OCc1ccccc1. The van der Waals surface area contributed by atoms with Gasteiger partial charge in [0.2, 0.25) is 0 Å². The predicted molar refractivity (Wildman–Crippen MR) is 101 cm³/mol. The minimum absolute atomic E-state index is 0.211. The lowest BCUT2D eigenvalue weighted by Crippen LogP contribution is -2.28. The summed E-state index contributed by atoms with van der Waals surface area (Å²) in [5.41, 5.74) is 1.14. The highest BCUT2D eigenvalue weighted by molar-refractivity contribution is 5.96. The molecule has 0 unspecified atom stereocenters. The zero-order valence-corrected chi connectivity index (χ0v) is 14.6. The normalized spacial score (nSPS) is 10.4. The molecule has 0 bridgehead atoms. The number of carbonyl (C=O) groups is 2. The molecule has 0 aliphatic carbocycles. The van der Waals surface area contributed by atoms with Crippen molar-refractivity contribution >= 4 is 22.8 Å². The molecule has 0 fully saturated rings. The summed E-state index contributed by atoms with van der Waals surface area (Å²) in [5, 5.41) is 13.3. The van der Waals surface area contributed by atoms with E-state index in [1.165, 1.54) is 6.07 Å². The molecule has 3 rings (SSSR count). The van der Waals surface area contributed by atoms with E-state index in [2.05, 4.69) is 5.32 Å². The first-order valence-corrected chi connectivity index (χ1v) is 8.47. The maximum atomic E-state index is 11.7. The molecule has 1 amide bonds. The Bertz CT molecular complexity index is 940. The van der Waals surface area contributed by atoms with Gasteiger partial charge >= 0.3 is 12.1 Å². The maximum Gasteiger partial charge on any atom is 0.407 e. The van der Waals surface area contributed by atoms with Crippen molar-refractivity contribution < 1.29 is 24.2 Å². The molecule has 2 N–H and O–H groups in total. The first-order valence-electron chi connectivity index (χ1n) is 8.47. The van der Waals surface area contributed by atoms with E-state index in [1.54, 1.807) is 24.3 Å². The van der Waals surface area contributed by atoms with Crippen LogP contribution in [0.15, 0.2) is 66.7 Å². The van der Waals surface area contributed by atoms with E-state index in [-0.39, 0.29) is 25.3 Å². The Morgan fingerprint density at radius 1 is 0.963 bits per heavy atom. The van der Waals surface area contributed by atoms with Crippen molar-refractivity contribution in [3.8, 4) is 5.75 Å². The molecule has 0 radical (unpaired) electrons. The Kier molecular flexibility index (Phi) is 5.89. The summed E-state index contributed by atoms with van der Waals surface area (Å²) in [7, 11) is 0. The fraction of sp³-hybridized carbons (Fsp3) is 0.143. The highest BCUT2D eigenvalue weighted by atomic mass is 16.5. The van der Waals surface area contributed by atoms with Crippen molar-refractivity contribution in [2.75, 3.05) is 13.2 Å². The van der Waals surface area contributed by atoms with E-state index in [0.717, 1.165) is 16.3 Å². The Hall–Kier alpha value is -3.54. The molecule has 138 valence electrons. The molecule has 6 heteroatoms. The molecule has 0 aliphatic rings. The van der Waals surface area contributed by atoms with E-state index >= 15 is 0 Å². The standard InChI is InChI=1S/C21H19NO5/c23-20(24)17-9-10-18-16(13-17)7-4-8-19(18)26-12-11-22-21(25)27-14-15-5-2-1-3-6-15/h1-10,13H,11-12,14H2,(H,22,25)(H,23,24). The van der Waals surface area contributed by atoms with Crippen LogP contribution < -0.4 is 10.1 Å². The van der Waals surface area contributed by atoms with Crippen LogP contribution in [0, 0.1) is 0 Å². The summed E-state index contributed by atoms with van der Waals surface area (Å²) in [5.74, 6) is -0.342. The van der Waals surface area contributed by atoms with Gasteiger partial charge < -0.3 is 19.9 Å². The van der Waals surface area contributed by atoms with Gasteiger partial charge in [-0.1, -0.05) is 42.5 Å². The van der Waals surface area contributed by atoms with E-state index in [0.29, 0.717) is 5.75 Å². The van der Waals surface area contributed by atoms with Crippen molar-refractivity contribution in [3.05, 3.63) is 77.9 Å². The molecule has 3 aromatic carbocycles. The van der Waals surface area contributed by atoms with Gasteiger partial charge in [-0.05, 0) is 35.2 Å². The number of aromatic carboxylic acids is 1. The van der Waals surface area contributed by atoms with Gasteiger partial charge in [0, 0.05) is 5.39 Å². The number of benzene rings is 3. The lowest BCUT2D eigenvalue weighted by Gasteiger charge is -2.11. The quantitative estimate of drug-likeness (QED) is 0.622. The van der Waals surface area contributed by atoms with Gasteiger partial charge in [0.1, 0.15) is 19.0 Å². The fourth-order valence-corrected chi connectivity index (χ4v) is 2.60. The van der Waals surface area contributed by atoms with Crippen molar-refractivity contribution in [1.29, 1.82) is 0 Å². The van der Waals surface area contributed by atoms with Crippen LogP contribution in [-0.4, -0.2) is 30.3 Å². The molecule has 6 nitrogen and oxygen atoms in total. The Morgan fingerprint density at radius 2 is 1.78 bits per heavy atom. The van der Waals surface area contributed by atoms with Crippen LogP contribution in [0.3, 0.4) is 0 Å². The third-order valence-electron chi connectivity index (χ3n) is 3.93. The number of carboxylic acid groups (broad SMARTS) is 1. The first-order chi connectivity index (χ1) is 13.1. The van der Waals surface area contributed by atoms with Crippen molar-refractivity contribution in [3.63, 3.8) is 0 Å². The molecule has 27 heavy (non-hydrogen) atoms. The average Bonchev–Trinajstić information content (AvgIpc) is 2.70. The van der Waals surface area contributed by atoms with Gasteiger partial charge in [0.25, 0.3) is 0 Å². The Balaban J connectivity index is 1.49. The summed E-state index contributed by atoms with van der Waals surface area (Å²) in [6, 6.07) is 19.7. The number of carboxylic acids is 1. The molecular weight excluding hydrogens is 346 g/mol. The summed E-state index contributed by atoms with van der Waals surface area (Å²) < 4.78 is 10.8. The number of ether oxygens (including phenoxy) is 2. The molecule has 0 saturated carbocycles. The highest BCUT2D eigenvalue weighted by Gasteiger charge is 2.07. The van der Waals surface area contributed by atoms with Gasteiger partial charge in [0.15, 0.2) is 0 Å². The number of alkyl carbamates (subject to hydrolysis) is 1. The summed E-state index contributed by atoms with van der Waals surface area (Å²) >= 11 is 0. The monoisotopic (exact) mass is 365 g/mol. The number of carbonyl (C=O) groups excluding carboxylic acids is 1. The number of hydrogen-bond acceptors (Lipinski definition) is 4. The second-order valence-corrected chi connectivity index (χ2v) is 5.83. The predicted octanol–water partition coefficient (Wildman–Crippen LogP) is 3.84. The molecule has 0 aliphatic heterocycles. The number of fused-ring (bicyclic) bond motifs is 1. The molecule has 0 spiro atoms. The third kappa shape index (κ3) is 4.98. The minimum atomic E-state index is -0.971. The largest absolute Gasteiger partial charge is 0.491 e. The molecular formula is C21H19NO5. The van der Waals surface area contributed by atoms with Crippen LogP contribution in [-0.2, 0) is 11.3 Å². The van der Waals surface area contributed by atoms with Crippen LogP contribution in [0.4, 0.5) is 4.79 Å². The molecule has 0 atom stereocenters. The topological polar surface area (TPSA) is 84.9 Å². The number of amides is 1. The maximum absolute atomic E-state index is 11.7. The second-order valence-electron chi connectivity index (χ2n) is 5.83. The van der Waals surface area contributed by atoms with E-state index < -0.39 is 12.1 Å². The van der Waals surface area contributed by atoms with Crippen LogP contribution in [0.5, 0.6) is 5.75 Å². The van der Waals surface area contributed by atoms with Crippen molar-refractivity contribution in [2.24, 2.45) is 0 Å². The number of hydrogen-bond donors (Lipinski definition) is 2. The summed E-state index contributed by atoms with van der Waals surface area (Å²) in [6.45, 7) is 0.764. The summed E-state index contributed by atoms with van der Waals surface area (Å²) in [4.78, 5) is 22.8. The van der Waals surface area contributed by atoms with Gasteiger partial charge in [-0.25, -0.2) is 9.59 Å². The number of nitrogens with one attached hydrogen (secondary N) is 1. The second kappa shape index (κ2) is 8.71. The highest BCUT2D eigenvalue weighted by Crippen LogP contribution is 2.26. The fourth-order valence-electron chi connectivity index (χ4n) is 2.60. The van der Waals surface area contributed by atoms with Crippen LogP contribution in [0.25, 0.3) is 10.8 Å². The van der Waals surface area contributed by atoms with E-state index in [9.17, 15) is 9.59 Å². The molecule has 0 heterocycles. The van der Waals surface area contributed by atoms with E-state index in [4.69, 9.17) is 14.6 Å². The zero-order valence-electron chi connectivity index (χ0n) is 14.6. The van der Waals surface area contributed by atoms with Gasteiger partial charge in [-0.3, -0.25) is 0 Å². The van der Waals surface area contributed by atoms with Crippen LogP contribution in [0.1, 0.15) is 15.9 Å². The lowest BCUT2D eigenvalue weighted by molar-refractivity contribution is 0.0697. The molecule has 0 aromatic heterocycles. The van der Waals surface area contributed by atoms with Gasteiger partial charge in [-0.15, -0.1) is 0 Å². The molecule has 0 saturated heterocycles. The average molecular weight is 365 g/mol.